The number of hydrogen-bond donors (Lipinski definition) is 2. The van der Waals surface area contributed by atoms with Gasteiger partial charge in [-0.25, -0.2) is 0 Å². The number of hydrogen-bond acceptors (Lipinski definition) is 3. The van der Waals surface area contributed by atoms with E-state index >= 15 is 0 Å². The van der Waals surface area contributed by atoms with E-state index in [1.807, 2.05) is 6.92 Å². The van der Waals surface area contributed by atoms with Gasteiger partial charge in [-0.2, -0.15) is 0 Å². The van der Waals surface area contributed by atoms with Crippen LogP contribution in [-0.4, -0.2) is 41.3 Å². The molecule has 2 fully saturated rings. The molecule has 1 saturated heterocycles. The topological polar surface area (TPSA) is 49.5 Å². The van der Waals surface area contributed by atoms with Crippen LogP contribution in [0.15, 0.2) is 0 Å². The molecule has 0 aromatic carbocycles. The molecule has 0 amide bonds. The van der Waals surface area contributed by atoms with Gasteiger partial charge in [-0.3, -0.25) is 0 Å². The zero-order valence-corrected chi connectivity index (χ0v) is 11.2. The highest BCUT2D eigenvalue weighted by atomic mass is 16.3. The summed E-state index contributed by atoms with van der Waals surface area (Å²) < 4.78 is 0. The molecule has 3 nitrogen and oxygen atoms in total. The standard InChI is InChI=1S/C14H28N2O/c1-14(15,11-17)8-10-16-9-4-6-12-5-2-3-7-13(12)16/h12-13,17H,2-11,15H2,1H3. The number of fused-ring (bicyclic) bond motifs is 1. The third kappa shape index (κ3) is 3.43. The molecule has 3 unspecified atom stereocenters. The number of nitrogens with zero attached hydrogens (tertiary/aromatic N) is 1. The van der Waals surface area contributed by atoms with Crippen LogP contribution in [0.5, 0.6) is 0 Å². The van der Waals surface area contributed by atoms with Gasteiger partial charge >= 0.3 is 0 Å². The highest BCUT2D eigenvalue weighted by Crippen LogP contribution is 2.35. The summed E-state index contributed by atoms with van der Waals surface area (Å²) in [5, 5.41) is 9.21. The lowest BCUT2D eigenvalue weighted by Gasteiger charge is -2.45. The largest absolute Gasteiger partial charge is 0.394 e. The number of likely N-dealkylation sites (tertiary alicyclic amines) is 1. The summed E-state index contributed by atoms with van der Waals surface area (Å²) in [7, 11) is 0. The predicted molar refractivity (Wildman–Crippen MR) is 70.8 cm³/mol. The lowest BCUT2D eigenvalue weighted by atomic mass is 9.78. The summed E-state index contributed by atoms with van der Waals surface area (Å²) in [5.41, 5.74) is 5.62. The molecule has 3 atom stereocenters. The summed E-state index contributed by atoms with van der Waals surface area (Å²) >= 11 is 0. The normalized spacial score (nSPS) is 34.1. The van der Waals surface area contributed by atoms with Gasteiger partial charge in [0.2, 0.25) is 0 Å². The first-order chi connectivity index (χ1) is 8.12. The Morgan fingerprint density at radius 3 is 2.71 bits per heavy atom. The van der Waals surface area contributed by atoms with Crippen molar-refractivity contribution in [2.45, 2.75) is 63.5 Å². The molecule has 17 heavy (non-hydrogen) atoms. The van der Waals surface area contributed by atoms with Gasteiger partial charge in [0, 0.05) is 18.1 Å². The Bertz CT molecular complexity index is 240. The Hall–Kier alpha value is -0.120. The maximum Gasteiger partial charge on any atom is 0.0608 e. The van der Waals surface area contributed by atoms with Crippen molar-refractivity contribution in [3.8, 4) is 0 Å². The van der Waals surface area contributed by atoms with E-state index in [9.17, 15) is 5.11 Å². The van der Waals surface area contributed by atoms with Crippen LogP contribution in [0.3, 0.4) is 0 Å². The Morgan fingerprint density at radius 1 is 1.24 bits per heavy atom. The van der Waals surface area contributed by atoms with Crippen molar-refractivity contribution >= 4 is 0 Å². The van der Waals surface area contributed by atoms with Gasteiger partial charge in [0.05, 0.1) is 6.61 Å². The molecule has 1 aliphatic heterocycles. The van der Waals surface area contributed by atoms with E-state index in [0.29, 0.717) is 0 Å². The molecule has 1 saturated carbocycles. The molecule has 3 N–H and O–H groups in total. The quantitative estimate of drug-likeness (QED) is 0.787. The van der Waals surface area contributed by atoms with E-state index in [0.717, 1.165) is 24.9 Å². The lowest BCUT2D eigenvalue weighted by molar-refractivity contribution is 0.0515. The van der Waals surface area contributed by atoms with Gasteiger partial charge < -0.3 is 15.7 Å². The van der Waals surface area contributed by atoms with Crippen LogP contribution in [0.4, 0.5) is 0 Å². The second kappa shape index (κ2) is 5.68. The van der Waals surface area contributed by atoms with Crippen molar-refractivity contribution in [2.75, 3.05) is 19.7 Å². The molecular weight excluding hydrogens is 212 g/mol. The van der Waals surface area contributed by atoms with E-state index < -0.39 is 5.54 Å². The van der Waals surface area contributed by atoms with Gasteiger partial charge in [-0.1, -0.05) is 12.8 Å². The average molecular weight is 240 g/mol. The Balaban J connectivity index is 1.86. The van der Waals surface area contributed by atoms with Crippen LogP contribution >= 0.6 is 0 Å². The third-order valence-electron chi connectivity index (χ3n) is 4.69. The van der Waals surface area contributed by atoms with E-state index in [4.69, 9.17) is 5.73 Å². The molecular formula is C14H28N2O. The Morgan fingerprint density at radius 2 is 1.94 bits per heavy atom. The van der Waals surface area contributed by atoms with Gasteiger partial charge in [0.25, 0.3) is 0 Å². The third-order valence-corrected chi connectivity index (χ3v) is 4.69. The van der Waals surface area contributed by atoms with Crippen molar-refractivity contribution in [2.24, 2.45) is 11.7 Å². The van der Waals surface area contributed by atoms with E-state index in [1.54, 1.807) is 0 Å². The van der Waals surface area contributed by atoms with Crippen LogP contribution in [0.25, 0.3) is 0 Å². The van der Waals surface area contributed by atoms with Crippen LogP contribution in [0, 0.1) is 5.92 Å². The van der Waals surface area contributed by atoms with Crippen molar-refractivity contribution in [3.63, 3.8) is 0 Å². The number of aliphatic hydroxyl groups is 1. The van der Waals surface area contributed by atoms with Gasteiger partial charge in [-0.15, -0.1) is 0 Å². The van der Waals surface area contributed by atoms with Crippen LogP contribution < -0.4 is 5.73 Å². The van der Waals surface area contributed by atoms with Crippen molar-refractivity contribution < 1.29 is 5.11 Å². The molecule has 1 heterocycles. The molecule has 0 radical (unpaired) electrons. The van der Waals surface area contributed by atoms with Gasteiger partial charge in [0.15, 0.2) is 0 Å². The number of aliphatic hydroxyl groups excluding tert-OH is 1. The summed E-state index contributed by atoms with van der Waals surface area (Å²) in [6.45, 7) is 4.35. The minimum absolute atomic E-state index is 0.0922. The maximum atomic E-state index is 9.21. The maximum absolute atomic E-state index is 9.21. The van der Waals surface area contributed by atoms with Crippen LogP contribution in [0.1, 0.15) is 51.9 Å². The minimum atomic E-state index is -0.401. The predicted octanol–water partition coefficient (Wildman–Crippen LogP) is 1.74. The van der Waals surface area contributed by atoms with E-state index in [1.165, 1.54) is 45.1 Å². The second-order valence-electron chi connectivity index (χ2n) is 6.35. The first kappa shape index (κ1) is 13.3. The highest BCUT2D eigenvalue weighted by molar-refractivity contribution is 4.89. The molecule has 0 aromatic heterocycles. The SMILES string of the molecule is CC(N)(CO)CCN1CCCC2CCCCC21. The van der Waals surface area contributed by atoms with E-state index in [-0.39, 0.29) is 6.61 Å². The Labute approximate surface area is 105 Å². The average Bonchev–Trinajstić information content (AvgIpc) is 2.36. The van der Waals surface area contributed by atoms with Gasteiger partial charge in [-0.05, 0) is 51.5 Å². The number of rotatable bonds is 4. The fourth-order valence-electron chi connectivity index (χ4n) is 3.48. The fraction of sp³-hybridized carbons (Fsp3) is 1.00. The number of piperidine rings is 1. The van der Waals surface area contributed by atoms with E-state index in [2.05, 4.69) is 4.90 Å². The number of nitrogens with two attached hydrogens (primary N) is 1. The van der Waals surface area contributed by atoms with Gasteiger partial charge in [0.1, 0.15) is 0 Å². The molecule has 2 rings (SSSR count). The first-order valence-electron chi connectivity index (χ1n) is 7.26. The molecule has 0 bridgehead atoms. The molecule has 3 heteroatoms. The first-order valence-corrected chi connectivity index (χ1v) is 7.26. The Kier molecular flexibility index (Phi) is 4.45. The lowest BCUT2D eigenvalue weighted by Crippen LogP contribution is -2.50. The van der Waals surface area contributed by atoms with Crippen molar-refractivity contribution in [1.29, 1.82) is 0 Å². The highest BCUT2D eigenvalue weighted by Gasteiger charge is 2.33. The summed E-state index contributed by atoms with van der Waals surface area (Å²) in [4.78, 5) is 2.65. The molecule has 1 aliphatic carbocycles. The summed E-state index contributed by atoms with van der Waals surface area (Å²) in [6, 6.07) is 0.812. The second-order valence-corrected chi connectivity index (χ2v) is 6.35. The van der Waals surface area contributed by atoms with Crippen LogP contribution in [-0.2, 0) is 0 Å². The summed E-state index contributed by atoms with van der Waals surface area (Å²) in [5.74, 6) is 0.940. The van der Waals surface area contributed by atoms with Crippen molar-refractivity contribution in [1.82, 2.24) is 4.90 Å². The molecule has 0 spiro atoms. The smallest absolute Gasteiger partial charge is 0.0608 e. The molecule has 2 aliphatic rings. The molecule has 100 valence electrons. The minimum Gasteiger partial charge on any atom is -0.394 e. The van der Waals surface area contributed by atoms with Crippen LogP contribution in [0.2, 0.25) is 0 Å². The van der Waals surface area contributed by atoms with Crippen molar-refractivity contribution in [3.05, 3.63) is 0 Å². The monoisotopic (exact) mass is 240 g/mol. The summed E-state index contributed by atoms with van der Waals surface area (Å²) in [6.07, 6.45) is 9.33. The fourth-order valence-corrected chi connectivity index (χ4v) is 3.48. The molecule has 0 aromatic rings. The zero-order chi connectivity index (χ0) is 12.3. The zero-order valence-electron chi connectivity index (χ0n) is 11.2.